The molecule has 72 valence electrons. The molecule has 1 saturated heterocycles. The molecule has 1 fully saturated rings. The van der Waals surface area contributed by atoms with Gasteiger partial charge in [0, 0.05) is 12.0 Å². The van der Waals surface area contributed by atoms with Crippen LogP contribution in [0.5, 0.6) is 0 Å². The van der Waals surface area contributed by atoms with E-state index in [1.54, 1.807) is 0 Å². The molecule has 1 aliphatic rings. The van der Waals surface area contributed by atoms with Crippen molar-refractivity contribution >= 4 is 23.4 Å². The third-order valence-electron chi connectivity index (χ3n) is 2.22. The zero-order chi connectivity index (χ0) is 8.81. The van der Waals surface area contributed by atoms with Crippen LogP contribution in [0.3, 0.4) is 0 Å². The van der Waals surface area contributed by atoms with E-state index in [2.05, 4.69) is 6.92 Å². The van der Waals surface area contributed by atoms with Gasteiger partial charge in [-0.1, -0.05) is 6.92 Å². The Hall–Kier alpha value is 0.600. The Morgan fingerprint density at radius 2 is 2.42 bits per heavy atom. The molecule has 3 heteroatoms. The first kappa shape index (κ1) is 10.7. The predicted molar refractivity (Wildman–Crippen MR) is 56.2 cm³/mol. The molecular formula is C9H17ClOS. The molecule has 12 heavy (non-hydrogen) atoms. The molecule has 0 aromatic carbocycles. The minimum Gasteiger partial charge on any atom is -0.381 e. The van der Waals surface area contributed by atoms with E-state index >= 15 is 0 Å². The summed E-state index contributed by atoms with van der Waals surface area (Å²) < 4.78 is 5.39. The summed E-state index contributed by atoms with van der Waals surface area (Å²) in [6, 6.07) is 0. The normalized spacial score (nSPS) is 30.5. The summed E-state index contributed by atoms with van der Waals surface area (Å²) in [6.07, 6.45) is 2.25. The van der Waals surface area contributed by atoms with Crippen LogP contribution in [0.25, 0.3) is 0 Å². The Balaban J connectivity index is 2.11. The fourth-order valence-electron chi connectivity index (χ4n) is 1.41. The van der Waals surface area contributed by atoms with Crippen molar-refractivity contribution in [2.75, 3.05) is 24.7 Å². The molecule has 0 aromatic heterocycles. The number of thioether (sulfide) groups is 1. The molecule has 1 nitrogen and oxygen atoms in total. The number of alkyl halides is 1. The molecule has 1 heterocycles. The van der Waals surface area contributed by atoms with Gasteiger partial charge in [-0.25, -0.2) is 0 Å². The van der Waals surface area contributed by atoms with Crippen LogP contribution in [-0.4, -0.2) is 30.1 Å². The van der Waals surface area contributed by atoms with Crippen molar-refractivity contribution in [1.82, 2.24) is 0 Å². The molecule has 1 aliphatic heterocycles. The fraction of sp³-hybridized carbons (Fsp3) is 1.00. The molecule has 2 unspecified atom stereocenters. The Morgan fingerprint density at radius 1 is 1.58 bits per heavy atom. The van der Waals surface area contributed by atoms with E-state index in [4.69, 9.17) is 16.3 Å². The maximum atomic E-state index is 6.17. The van der Waals surface area contributed by atoms with Gasteiger partial charge in [-0.2, -0.15) is 11.8 Å². The first-order valence-corrected chi connectivity index (χ1v) is 6.23. The monoisotopic (exact) mass is 208 g/mol. The molecule has 0 bridgehead atoms. The lowest BCUT2D eigenvalue weighted by molar-refractivity contribution is 0.0567. The van der Waals surface area contributed by atoms with E-state index in [0.717, 1.165) is 19.6 Å². The van der Waals surface area contributed by atoms with Crippen LogP contribution in [0.2, 0.25) is 0 Å². The van der Waals surface area contributed by atoms with E-state index in [-0.39, 0.29) is 0 Å². The first-order valence-electron chi connectivity index (χ1n) is 4.64. The topological polar surface area (TPSA) is 9.23 Å². The number of hydrogen-bond acceptors (Lipinski definition) is 2. The zero-order valence-electron chi connectivity index (χ0n) is 7.59. The molecule has 2 atom stereocenters. The van der Waals surface area contributed by atoms with Gasteiger partial charge >= 0.3 is 0 Å². The number of hydrogen-bond donors (Lipinski definition) is 0. The quantitative estimate of drug-likeness (QED) is 0.519. The van der Waals surface area contributed by atoms with Crippen LogP contribution in [0, 0.1) is 5.92 Å². The average Bonchev–Trinajstić information content (AvgIpc) is 2.09. The minimum atomic E-state index is 0.358. The second kappa shape index (κ2) is 6.11. The minimum absolute atomic E-state index is 0.358. The van der Waals surface area contributed by atoms with E-state index in [1.165, 1.54) is 17.9 Å². The van der Waals surface area contributed by atoms with Crippen LogP contribution in [0.4, 0.5) is 0 Å². The molecule has 0 N–H and O–H groups in total. The first-order chi connectivity index (χ1) is 5.84. The molecule has 0 amide bonds. The molecule has 0 spiro atoms. The van der Waals surface area contributed by atoms with Crippen LogP contribution >= 0.6 is 23.4 Å². The summed E-state index contributed by atoms with van der Waals surface area (Å²) in [7, 11) is 0. The summed E-state index contributed by atoms with van der Waals surface area (Å²) in [5, 5.41) is 0.358. The van der Waals surface area contributed by atoms with Gasteiger partial charge in [0.25, 0.3) is 0 Å². The van der Waals surface area contributed by atoms with E-state index in [9.17, 15) is 0 Å². The molecule has 0 saturated carbocycles. The summed E-state index contributed by atoms with van der Waals surface area (Å²) in [6.45, 7) is 3.92. The number of halogens is 1. The van der Waals surface area contributed by atoms with E-state index in [1.807, 2.05) is 11.8 Å². The maximum absolute atomic E-state index is 6.17. The second-order valence-electron chi connectivity index (χ2n) is 3.13. The highest BCUT2D eigenvalue weighted by Gasteiger charge is 2.22. The molecule has 0 aromatic rings. The standard InChI is InChI=1S/C9H17ClOS/c1-2-12-6-4-8-7-11-5-3-9(8)10/h8-9H,2-7H2,1H3. The highest BCUT2D eigenvalue weighted by atomic mass is 35.5. The van der Waals surface area contributed by atoms with Gasteiger partial charge in [0.1, 0.15) is 0 Å². The van der Waals surface area contributed by atoms with Gasteiger partial charge in [-0.3, -0.25) is 0 Å². The van der Waals surface area contributed by atoms with Crippen LogP contribution in [0.1, 0.15) is 19.8 Å². The van der Waals surface area contributed by atoms with Gasteiger partial charge in [0.2, 0.25) is 0 Å². The fourth-order valence-corrected chi connectivity index (χ4v) is 2.46. The predicted octanol–water partition coefficient (Wildman–Crippen LogP) is 2.77. The third-order valence-corrected chi connectivity index (χ3v) is 3.73. The average molecular weight is 209 g/mol. The van der Waals surface area contributed by atoms with Crippen LogP contribution in [-0.2, 0) is 4.74 Å². The second-order valence-corrected chi connectivity index (χ2v) is 5.08. The summed E-state index contributed by atoms with van der Waals surface area (Å²) in [4.78, 5) is 0. The smallest absolute Gasteiger partial charge is 0.0508 e. The lowest BCUT2D eigenvalue weighted by atomic mass is 9.99. The van der Waals surface area contributed by atoms with Crippen LogP contribution in [0.15, 0.2) is 0 Å². The van der Waals surface area contributed by atoms with Crippen LogP contribution < -0.4 is 0 Å². The highest BCUT2D eigenvalue weighted by Crippen LogP contribution is 2.24. The lowest BCUT2D eigenvalue weighted by Gasteiger charge is -2.26. The number of rotatable bonds is 4. The Kier molecular flexibility index (Phi) is 5.44. The summed E-state index contributed by atoms with van der Waals surface area (Å²) in [5.74, 6) is 3.04. The molecule has 0 radical (unpaired) electrons. The van der Waals surface area contributed by atoms with Gasteiger partial charge < -0.3 is 4.74 Å². The molecule has 1 rings (SSSR count). The number of ether oxygens (including phenoxy) is 1. The Labute approximate surface area is 84.2 Å². The summed E-state index contributed by atoms with van der Waals surface area (Å²) >= 11 is 8.16. The van der Waals surface area contributed by atoms with Gasteiger partial charge in [0.15, 0.2) is 0 Å². The zero-order valence-corrected chi connectivity index (χ0v) is 9.16. The largest absolute Gasteiger partial charge is 0.381 e. The lowest BCUT2D eigenvalue weighted by Crippen LogP contribution is -2.28. The third kappa shape index (κ3) is 3.55. The van der Waals surface area contributed by atoms with Gasteiger partial charge in [-0.05, 0) is 30.3 Å². The molecule has 0 aliphatic carbocycles. The van der Waals surface area contributed by atoms with Crippen molar-refractivity contribution in [1.29, 1.82) is 0 Å². The maximum Gasteiger partial charge on any atom is 0.0508 e. The van der Waals surface area contributed by atoms with E-state index in [0.29, 0.717) is 11.3 Å². The van der Waals surface area contributed by atoms with Gasteiger partial charge in [0.05, 0.1) is 6.61 Å². The van der Waals surface area contributed by atoms with Crippen molar-refractivity contribution in [3.8, 4) is 0 Å². The van der Waals surface area contributed by atoms with Crippen molar-refractivity contribution in [3.05, 3.63) is 0 Å². The van der Waals surface area contributed by atoms with Gasteiger partial charge in [-0.15, -0.1) is 11.6 Å². The SMILES string of the molecule is CCSCCC1COCCC1Cl. The van der Waals surface area contributed by atoms with Crippen molar-refractivity contribution < 1.29 is 4.74 Å². The Morgan fingerprint density at radius 3 is 3.08 bits per heavy atom. The van der Waals surface area contributed by atoms with Crippen molar-refractivity contribution in [3.63, 3.8) is 0 Å². The summed E-state index contributed by atoms with van der Waals surface area (Å²) in [5.41, 5.74) is 0. The van der Waals surface area contributed by atoms with Crippen molar-refractivity contribution in [2.45, 2.75) is 25.1 Å². The van der Waals surface area contributed by atoms with Crippen molar-refractivity contribution in [2.24, 2.45) is 5.92 Å². The highest BCUT2D eigenvalue weighted by molar-refractivity contribution is 7.99. The Bertz CT molecular complexity index is 121. The van der Waals surface area contributed by atoms with E-state index < -0.39 is 0 Å². The molecular weight excluding hydrogens is 192 g/mol.